The summed E-state index contributed by atoms with van der Waals surface area (Å²) in [6, 6.07) is 12.2. The summed E-state index contributed by atoms with van der Waals surface area (Å²) in [5, 5.41) is 9.63. The van der Waals surface area contributed by atoms with Crippen molar-refractivity contribution in [2.75, 3.05) is 7.11 Å². The van der Waals surface area contributed by atoms with Crippen molar-refractivity contribution < 1.29 is 19.4 Å². The summed E-state index contributed by atoms with van der Waals surface area (Å²) in [5.41, 5.74) is 0.551. The van der Waals surface area contributed by atoms with Crippen LogP contribution >= 0.6 is 11.6 Å². The lowest BCUT2D eigenvalue weighted by Gasteiger charge is -2.16. The number of halogens is 1. The molecule has 4 nitrogen and oxygen atoms in total. The van der Waals surface area contributed by atoms with Crippen molar-refractivity contribution in [2.45, 2.75) is 12.8 Å². The first kappa shape index (κ1) is 15.2. The van der Waals surface area contributed by atoms with Crippen LogP contribution in [-0.2, 0) is 4.79 Å². The molecule has 0 aliphatic rings. The number of aliphatic carboxylic acids is 1. The van der Waals surface area contributed by atoms with E-state index in [1.54, 1.807) is 49.4 Å². The molecule has 0 saturated heterocycles. The monoisotopic (exact) mass is 306 g/mol. The van der Waals surface area contributed by atoms with Crippen LogP contribution in [0.4, 0.5) is 0 Å². The van der Waals surface area contributed by atoms with Crippen molar-refractivity contribution >= 4 is 17.6 Å². The summed E-state index contributed by atoms with van der Waals surface area (Å²) in [5.74, 6) is -0.320. The number of ether oxygens (including phenoxy) is 2. The molecule has 2 rings (SSSR count). The van der Waals surface area contributed by atoms with E-state index >= 15 is 0 Å². The summed E-state index contributed by atoms with van der Waals surface area (Å²) in [4.78, 5) is 11.2. The molecule has 0 amide bonds. The van der Waals surface area contributed by atoms with Crippen LogP contribution in [0.1, 0.15) is 18.4 Å². The molecule has 0 radical (unpaired) electrons. The van der Waals surface area contributed by atoms with E-state index in [2.05, 4.69) is 0 Å². The Morgan fingerprint density at radius 1 is 1.14 bits per heavy atom. The summed E-state index contributed by atoms with van der Waals surface area (Å²) < 4.78 is 11.1. The molecule has 0 aromatic heterocycles. The molecular weight excluding hydrogens is 292 g/mol. The molecule has 2 aromatic rings. The molecule has 2 aromatic carbocycles. The second-order valence-electron chi connectivity index (χ2n) is 4.47. The van der Waals surface area contributed by atoms with Gasteiger partial charge in [0.1, 0.15) is 5.75 Å². The topological polar surface area (TPSA) is 55.8 Å². The van der Waals surface area contributed by atoms with Gasteiger partial charge in [0.25, 0.3) is 0 Å². The Morgan fingerprint density at radius 2 is 1.81 bits per heavy atom. The van der Waals surface area contributed by atoms with Gasteiger partial charge in [-0.1, -0.05) is 35.9 Å². The highest BCUT2D eigenvalue weighted by atomic mass is 35.5. The van der Waals surface area contributed by atoms with E-state index in [-0.39, 0.29) is 0 Å². The number of hydrogen-bond donors (Lipinski definition) is 1. The molecular formula is C16H15ClO4. The van der Waals surface area contributed by atoms with Crippen LogP contribution in [-0.4, -0.2) is 18.2 Å². The maximum absolute atomic E-state index is 11.2. The first-order valence-corrected chi connectivity index (χ1v) is 6.74. The molecule has 0 spiro atoms. The molecule has 21 heavy (non-hydrogen) atoms. The third-order valence-corrected chi connectivity index (χ3v) is 3.42. The fourth-order valence-corrected chi connectivity index (χ4v) is 2.13. The lowest BCUT2D eigenvalue weighted by Crippen LogP contribution is -2.09. The number of benzene rings is 2. The van der Waals surface area contributed by atoms with Gasteiger partial charge in [-0.2, -0.15) is 0 Å². The van der Waals surface area contributed by atoms with Gasteiger partial charge in [0.05, 0.1) is 18.1 Å². The van der Waals surface area contributed by atoms with E-state index in [0.717, 1.165) is 0 Å². The average molecular weight is 307 g/mol. The molecule has 110 valence electrons. The zero-order valence-corrected chi connectivity index (χ0v) is 12.4. The predicted octanol–water partition coefficient (Wildman–Crippen LogP) is 4.33. The average Bonchev–Trinajstić information content (AvgIpc) is 2.48. The lowest BCUT2D eigenvalue weighted by molar-refractivity contribution is -0.138. The Morgan fingerprint density at radius 3 is 2.43 bits per heavy atom. The van der Waals surface area contributed by atoms with Gasteiger partial charge in [-0.15, -0.1) is 0 Å². The fourth-order valence-electron chi connectivity index (χ4n) is 1.95. The quantitative estimate of drug-likeness (QED) is 0.893. The number of para-hydroxylation sites is 2. The van der Waals surface area contributed by atoms with Gasteiger partial charge in [-0.3, -0.25) is 4.79 Å². The van der Waals surface area contributed by atoms with Crippen LogP contribution in [0.2, 0.25) is 5.02 Å². The normalized spacial score (nSPS) is 11.8. The number of carboxylic acid groups (broad SMARTS) is 1. The van der Waals surface area contributed by atoms with E-state index in [4.69, 9.17) is 26.2 Å². The molecule has 1 atom stereocenters. The lowest BCUT2D eigenvalue weighted by atomic mass is 10.00. The maximum atomic E-state index is 11.2. The Bertz CT molecular complexity index is 654. The van der Waals surface area contributed by atoms with Gasteiger partial charge in [0.2, 0.25) is 0 Å². The first-order valence-electron chi connectivity index (χ1n) is 6.36. The Labute approximate surface area is 127 Å². The highest BCUT2D eigenvalue weighted by Gasteiger charge is 2.21. The van der Waals surface area contributed by atoms with Gasteiger partial charge < -0.3 is 14.6 Å². The van der Waals surface area contributed by atoms with Gasteiger partial charge in [0.15, 0.2) is 11.5 Å². The van der Waals surface area contributed by atoms with Crippen molar-refractivity contribution in [3.63, 3.8) is 0 Å². The van der Waals surface area contributed by atoms with E-state index in [0.29, 0.717) is 27.8 Å². The molecule has 5 heteroatoms. The van der Waals surface area contributed by atoms with Crippen LogP contribution in [0.5, 0.6) is 17.2 Å². The van der Waals surface area contributed by atoms with E-state index < -0.39 is 11.9 Å². The molecule has 0 bridgehead atoms. The van der Waals surface area contributed by atoms with Gasteiger partial charge in [-0.25, -0.2) is 0 Å². The zero-order valence-electron chi connectivity index (χ0n) is 11.7. The summed E-state index contributed by atoms with van der Waals surface area (Å²) in [6.45, 7) is 1.60. The van der Waals surface area contributed by atoms with E-state index in [9.17, 15) is 4.79 Å². The second-order valence-corrected chi connectivity index (χ2v) is 4.88. The van der Waals surface area contributed by atoms with Crippen LogP contribution in [0.3, 0.4) is 0 Å². The fraction of sp³-hybridized carbons (Fsp3) is 0.188. The smallest absolute Gasteiger partial charge is 0.310 e. The summed E-state index contributed by atoms with van der Waals surface area (Å²) >= 11 is 6.06. The first-order chi connectivity index (χ1) is 10.0. The largest absolute Gasteiger partial charge is 0.493 e. The third-order valence-electron chi connectivity index (χ3n) is 3.11. The zero-order chi connectivity index (χ0) is 15.4. The van der Waals surface area contributed by atoms with Crippen LogP contribution in [0, 0.1) is 0 Å². The summed E-state index contributed by atoms with van der Waals surface area (Å²) in [6.07, 6.45) is 0. The van der Waals surface area contributed by atoms with Crippen molar-refractivity contribution in [1.82, 2.24) is 0 Å². The van der Waals surface area contributed by atoms with Gasteiger partial charge in [-0.05, 0) is 25.1 Å². The molecule has 0 aliphatic carbocycles. The maximum Gasteiger partial charge on any atom is 0.310 e. The van der Waals surface area contributed by atoms with Gasteiger partial charge in [0, 0.05) is 5.56 Å². The van der Waals surface area contributed by atoms with Gasteiger partial charge >= 0.3 is 5.97 Å². The van der Waals surface area contributed by atoms with Crippen molar-refractivity contribution in [3.8, 4) is 17.2 Å². The van der Waals surface area contributed by atoms with Crippen LogP contribution in [0.15, 0.2) is 42.5 Å². The Kier molecular flexibility index (Phi) is 4.70. The number of hydrogen-bond acceptors (Lipinski definition) is 3. The predicted molar refractivity (Wildman–Crippen MR) is 80.6 cm³/mol. The minimum Gasteiger partial charge on any atom is -0.493 e. The Balaban J connectivity index is 2.43. The minimum atomic E-state index is -0.928. The molecule has 0 heterocycles. The molecule has 0 saturated carbocycles. The highest BCUT2D eigenvalue weighted by Crippen LogP contribution is 2.39. The number of carboxylic acids is 1. The SMILES string of the molecule is COc1c(Oc2ccccc2Cl)cccc1C(C)C(=O)O. The number of rotatable bonds is 5. The molecule has 1 N–H and O–H groups in total. The summed E-state index contributed by atoms with van der Waals surface area (Å²) in [7, 11) is 1.48. The second kappa shape index (κ2) is 6.50. The Hall–Kier alpha value is -2.20. The van der Waals surface area contributed by atoms with Crippen molar-refractivity contribution in [3.05, 3.63) is 53.1 Å². The van der Waals surface area contributed by atoms with E-state index in [1.165, 1.54) is 7.11 Å². The number of carbonyl (C=O) groups is 1. The molecule has 0 fully saturated rings. The van der Waals surface area contributed by atoms with E-state index in [1.807, 2.05) is 0 Å². The third kappa shape index (κ3) is 3.28. The van der Waals surface area contributed by atoms with Crippen LogP contribution < -0.4 is 9.47 Å². The van der Waals surface area contributed by atoms with Crippen molar-refractivity contribution in [2.24, 2.45) is 0 Å². The van der Waals surface area contributed by atoms with Crippen molar-refractivity contribution in [1.29, 1.82) is 0 Å². The molecule has 0 aliphatic heterocycles. The minimum absolute atomic E-state index is 0.396. The number of methoxy groups -OCH3 is 1. The molecule has 1 unspecified atom stereocenters. The standard InChI is InChI=1S/C16H15ClO4/c1-10(16(18)19)11-6-5-9-14(15(11)20-2)21-13-8-4-3-7-12(13)17/h3-10H,1-2H3,(H,18,19). The highest BCUT2D eigenvalue weighted by molar-refractivity contribution is 6.32. The van der Waals surface area contributed by atoms with Crippen LogP contribution in [0.25, 0.3) is 0 Å².